The van der Waals surface area contributed by atoms with Crippen molar-refractivity contribution >= 4 is 11.7 Å². The van der Waals surface area contributed by atoms with Gasteiger partial charge in [0.15, 0.2) is 0 Å². The number of carbonyl (C=O) groups is 2. The van der Waals surface area contributed by atoms with Crippen LogP contribution in [0.3, 0.4) is 0 Å². The number of hydrogen-bond acceptors (Lipinski definition) is 5. The van der Waals surface area contributed by atoms with E-state index in [1.807, 2.05) is 54.3 Å². The molecule has 0 unspecified atom stereocenters. The van der Waals surface area contributed by atoms with Crippen molar-refractivity contribution < 1.29 is 14.3 Å². The largest absolute Gasteiger partial charge is 0.439 e. The summed E-state index contributed by atoms with van der Waals surface area (Å²) >= 11 is 0. The number of nitrogens with one attached hydrogen (secondary N) is 1. The summed E-state index contributed by atoms with van der Waals surface area (Å²) < 4.78 is 5.94. The van der Waals surface area contributed by atoms with Crippen molar-refractivity contribution in [1.29, 1.82) is 0 Å². The Morgan fingerprint density at radius 2 is 1.85 bits per heavy atom. The van der Waals surface area contributed by atoms with Crippen LogP contribution in [-0.2, 0) is 9.59 Å². The number of hydrogen-bond donors (Lipinski definition) is 1. The van der Waals surface area contributed by atoms with Gasteiger partial charge in [-0.25, -0.2) is 4.98 Å². The molecular formula is C28H37N3O3. The second-order valence-corrected chi connectivity index (χ2v) is 9.72. The quantitative estimate of drug-likeness (QED) is 0.546. The van der Waals surface area contributed by atoms with Crippen molar-refractivity contribution in [1.82, 2.24) is 15.2 Å². The van der Waals surface area contributed by atoms with Gasteiger partial charge in [0.2, 0.25) is 11.8 Å². The molecule has 6 nitrogen and oxygen atoms in total. The van der Waals surface area contributed by atoms with Gasteiger partial charge in [0.25, 0.3) is 0 Å². The lowest BCUT2D eigenvalue weighted by molar-refractivity contribution is -0.141. The van der Waals surface area contributed by atoms with E-state index in [1.54, 1.807) is 13.2 Å². The minimum absolute atomic E-state index is 0.00320. The molecule has 1 aromatic carbocycles. The molecule has 1 N–H and O–H groups in total. The first kappa shape index (κ1) is 24.4. The van der Waals surface area contributed by atoms with E-state index in [4.69, 9.17) is 4.74 Å². The Morgan fingerprint density at radius 1 is 1.09 bits per heavy atom. The molecule has 1 aliphatic heterocycles. The number of likely N-dealkylation sites (tertiary alicyclic amines) is 1. The summed E-state index contributed by atoms with van der Waals surface area (Å²) in [6.45, 7) is 2.62. The second-order valence-electron chi connectivity index (χ2n) is 9.72. The monoisotopic (exact) mass is 463 g/mol. The molecule has 4 rings (SSSR count). The van der Waals surface area contributed by atoms with E-state index in [-0.39, 0.29) is 29.7 Å². The molecule has 1 aliphatic carbocycles. The van der Waals surface area contributed by atoms with Gasteiger partial charge in [-0.05, 0) is 69.3 Å². The second kappa shape index (κ2) is 11.6. The fraction of sp³-hybridized carbons (Fsp3) is 0.536. The van der Waals surface area contributed by atoms with Crippen LogP contribution >= 0.6 is 0 Å². The maximum Gasteiger partial charge on any atom is 0.226 e. The number of benzene rings is 1. The van der Waals surface area contributed by atoms with Gasteiger partial charge in [0, 0.05) is 31.1 Å². The predicted molar refractivity (Wildman–Crippen MR) is 133 cm³/mol. The summed E-state index contributed by atoms with van der Waals surface area (Å²) in [5.41, 5.74) is 1.05. The lowest BCUT2D eigenvalue weighted by atomic mass is 9.76. The summed E-state index contributed by atoms with van der Waals surface area (Å²) in [5.74, 6) is 1.61. The van der Waals surface area contributed by atoms with E-state index in [9.17, 15) is 9.59 Å². The molecule has 2 aromatic rings. The molecule has 1 amide bonds. The Balaban J connectivity index is 1.53. The highest BCUT2D eigenvalue weighted by Crippen LogP contribution is 2.39. The molecule has 34 heavy (non-hydrogen) atoms. The molecule has 2 fully saturated rings. The normalized spacial score (nSPS) is 20.6. The van der Waals surface area contributed by atoms with Crippen LogP contribution < -0.4 is 10.1 Å². The fourth-order valence-corrected chi connectivity index (χ4v) is 5.43. The first-order chi connectivity index (χ1) is 16.6. The van der Waals surface area contributed by atoms with Crippen molar-refractivity contribution in [2.75, 3.05) is 13.6 Å². The Morgan fingerprint density at radius 3 is 2.59 bits per heavy atom. The van der Waals surface area contributed by atoms with Crippen LogP contribution in [0, 0.1) is 11.8 Å². The summed E-state index contributed by atoms with van der Waals surface area (Å²) in [7, 11) is 1.80. The number of ether oxygens (including phenoxy) is 1. The number of likely N-dealkylation sites (N-methyl/N-ethyl adjacent to an activating group) is 1. The number of aromatic nitrogens is 1. The van der Waals surface area contributed by atoms with Gasteiger partial charge in [-0.2, -0.15) is 0 Å². The van der Waals surface area contributed by atoms with Gasteiger partial charge in [-0.1, -0.05) is 37.5 Å². The molecule has 0 spiro atoms. The highest BCUT2D eigenvalue weighted by molar-refractivity contribution is 5.90. The smallest absolute Gasteiger partial charge is 0.226 e. The van der Waals surface area contributed by atoms with Crippen molar-refractivity contribution in [3.63, 3.8) is 0 Å². The van der Waals surface area contributed by atoms with Gasteiger partial charge >= 0.3 is 0 Å². The topological polar surface area (TPSA) is 71.5 Å². The van der Waals surface area contributed by atoms with E-state index in [2.05, 4.69) is 10.3 Å². The standard InChI is InChI=1S/C28H37N3O3/c1-20(29-2)26(32)19-24(21-10-5-3-6-11-21)28(33)31-17-9-14-25(31)22-15-16-30-27(18-22)34-23-12-7-4-8-13-23/h4,7-8,12-13,15-16,18,20-21,24-25,29H,3,5-6,9-11,14,17,19H2,1-2H3/t20-,24-,25-/m0/s1. The number of rotatable bonds is 9. The zero-order chi connectivity index (χ0) is 23.9. The molecule has 1 saturated heterocycles. The lowest BCUT2D eigenvalue weighted by Gasteiger charge is -2.35. The minimum Gasteiger partial charge on any atom is -0.439 e. The van der Waals surface area contributed by atoms with Crippen molar-refractivity contribution in [2.45, 2.75) is 70.4 Å². The molecule has 2 heterocycles. The summed E-state index contributed by atoms with van der Waals surface area (Å²) in [6, 6.07) is 13.3. The molecule has 1 aromatic heterocycles. The average molecular weight is 464 g/mol. The van der Waals surface area contributed by atoms with E-state index >= 15 is 0 Å². The van der Waals surface area contributed by atoms with Gasteiger partial charge in [0.1, 0.15) is 11.5 Å². The molecule has 182 valence electrons. The Bertz CT molecular complexity index is 958. The number of carbonyl (C=O) groups excluding carboxylic acids is 2. The zero-order valence-electron chi connectivity index (χ0n) is 20.4. The molecular weight excluding hydrogens is 426 g/mol. The highest BCUT2D eigenvalue weighted by Gasteiger charge is 2.39. The molecule has 1 saturated carbocycles. The van der Waals surface area contributed by atoms with Crippen LogP contribution in [-0.4, -0.2) is 41.2 Å². The number of amides is 1. The first-order valence-corrected chi connectivity index (χ1v) is 12.8. The van der Waals surface area contributed by atoms with Crippen LogP contribution in [0.5, 0.6) is 11.6 Å². The molecule has 6 heteroatoms. The van der Waals surface area contributed by atoms with Crippen molar-refractivity contribution in [2.24, 2.45) is 11.8 Å². The summed E-state index contributed by atoms with van der Waals surface area (Å²) in [5, 5.41) is 3.05. The van der Waals surface area contributed by atoms with Crippen LogP contribution in [0.25, 0.3) is 0 Å². The Labute approximate surface area is 203 Å². The van der Waals surface area contributed by atoms with Crippen LogP contribution in [0.1, 0.15) is 69.9 Å². The van der Waals surface area contributed by atoms with Crippen LogP contribution in [0.15, 0.2) is 48.7 Å². The molecule has 0 bridgehead atoms. The van der Waals surface area contributed by atoms with Gasteiger partial charge in [-0.3, -0.25) is 9.59 Å². The number of para-hydroxylation sites is 1. The van der Waals surface area contributed by atoms with E-state index in [0.29, 0.717) is 18.2 Å². The highest BCUT2D eigenvalue weighted by atomic mass is 16.5. The SMILES string of the molecule is CN[C@@H](C)C(=O)C[C@H](C(=O)N1CCC[C@H]1c1ccnc(Oc2ccccc2)c1)C1CCCCC1. The Hall–Kier alpha value is -2.73. The zero-order valence-corrected chi connectivity index (χ0v) is 20.4. The number of ketones is 1. The first-order valence-electron chi connectivity index (χ1n) is 12.8. The number of pyridine rings is 1. The van der Waals surface area contributed by atoms with Crippen molar-refractivity contribution in [3.8, 4) is 11.6 Å². The van der Waals surface area contributed by atoms with E-state index < -0.39 is 0 Å². The third kappa shape index (κ3) is 5.84. The maximum atomic E-state index is 14.0. The summed E-state index contributed by atoms with van der Waals surface area (Å²) in [6.07, 6.45) is 9.58. The van der Waals surface area contributed by atoms with Gasteiger partial charge in [-0.15, -0.1) is 0 Å². The number of Topliss-reactive ketones (excluding diaryl/α,β-unsaturated/α-hetero) is 1. The van der Waals surface area contributed by atoms with E-state index in [0.717, 1.165) is 56.4 Å². The predicted octanol–water partition coefficient (Wildman–Crippen LogP) is 5.30. The minimum atomic E-state index is -0.230. The number of nitrogens with zero attached hydrogens (tertiary/aromatic N) is 2. The lowest BCUT2D eigenvalue weighted by Crippen LogP contribution is -2.42. The molecule has 2 aliphatic rings. The third-order valence-corrected chi connectivity index (χ3v) is 7.52. The average Bonchev–Trinajstić information content (AvgIpc) is 3.38. The van der Waals surface area contributed by atoms with Crippen molar-refractivity contribution in [3.05, 3.63) is 54.2 Å². The fourth-order valence-electron chi connectivity index (χ4n) is 5.43. The van der Waals surface area contributed by atoms with E-state index in [1.165, 1.54) is 6.42 Å². The van der Waals surface area contributed by atoms with Crippen LogP contribution in [0.4, 0.5) is 0 Å². The van der Waals surface area contributed by atoms with Gasteiger partial charge < -0.3 is 15.0 Å². The Kier molecular flexibility index (Phi) is 8.33. The van der Waals surface area contributed by atoms with Gasteiger partial charge in [0.05, 0.1) is 12.1 Å². The maximum absolute atomic E-state index is 14.0. The molecule has 3 atom stereocenters. The van der Waals surface area contributed by atoms with Crippen LogP contribution in [0.2, 0.25) is 0 Å². The third-order valence-electron chi connectivity index (χ3n) is 7.52. The summed E-state index contributed by atoms with van der Waals surface area (Å²) in [4.78, 5) is 33.2. The molecule has 0 radical (unpaired) electrons.